The monoisotopic (exact) mass is 223 g/mol. The standard InChI is InChI=1S/C11H17N3S/c1-3-7-14(4-2)10-8-13-6-5-9(10)11(12)15/h5-6,8H,3-4,7H2,1-2H3,(H2,12,15). The van der Waals surface area contributed by atoms with Crippen molar-refractivity contribution < 1.29 is 0 Å². The molecule has 0 atom stereocenters. The molecule has 0 aliphatic carbocycles. The van der Waals surface area contributed by atoms with Gasteiger partial charge < -0.3 is 10.6 Å². The Kier molecular flexibility index (Phi) is 4.49. The van der Waals surface area contributed by atoms with Gasteiger partial charge in [0.15, 0.2) is 0 Å². The van der Waals surface area contributed by atoms with Crippen molar-refractivity contribution in [1.82, 2.24) is 4.98 Å². The Bertz CT molecular complexity index is 338. The summed E-state index contributed by atoms with van der Waals surface area (Å²) in [6, 6.07) is 1.87. The van der Waals surface area contributed by atoms with Gasteiger partial charge in [0.25, 0.3) is 0 Å². The fourth-order valence-corrected chi connectivity index (χ4v) is 1.74. The third kappa shape index (κ3) is 2.89. The first-order valence-corrected chi connectivity index (χ1v) is 5.60. The highest BCUT2D eigenvalue weighted by Gasteiger charge is 2.10. The zero-order valence-corrected chi connectivity index (χ0v) is 10.0. The van der Waals surface area contributed by atoms with Crippen LogP contribution in [0.5, 0.6) is 0 Å². The number of rotatable bonds is 5. The number of nitrogens with zero attached hydrogens (tertiary/aromatic N) is 2. The second-order valence-corrected chi connectivity index (χ2v) is 3.78. The molecule has 1 aromatic heterocycles. The zero-order valence-electron chi connectivity index (χ0n) is 9.23. The maximum Gasteiger partial charge on any atom is 0.106 e. The number of nitrogens with two attached hydrogens (primary N) is 1. The van der Waals surface area contributed by atoms with E-state index in [0.717, 1.165) is 30.8 Å². The van der Waals surface area contributed by atoms with Gasteiger partial charge in [-0.25, -0.2) is 0 Å². The Balaban J connectivity index is 3.04. The second kappa shape index (κ2) is 5.66. The molecule has 1 heterocycles. The third-order valence-corrected chi connectivity index (χ3v) is 2.50. The fourth-order valence-electron chi connectivity index (χ4n) is 1.57. The van der Waals surface area contributed by atoms with Crippen LogP contribution in [0.3, 0.4) is 0 Å². The summed E-state index contributed by atoms with van der Waals surface area (Å²) >= 11 is 5.02. The van der Waals surface area contributed by atoms with E-state index in [9.17, 15) is 0 Å². The molecule has 4 heteroatoms. The minimum atomic E-state index is 0.432. The van der Waals surface area contributed by atoms with Gasteiger partial charge in [-0.05, 0) is 19.4 Å². The molecular formula is C11H17N3S. The minimum absolute atomic E-state index is 0.432. The van der Waals surface area contributed by atoms with E-state index in [1.54, 1.807) is 6.20 Å². The summed E-state index contributed by atoms with van der Waals surface area (Å²) in [6.07, 6.45) is 4.64. The van der Waals surface area contributed by atoms with Crippen LogP contribution in [0.1, 0.15) is 25.8 Å². The topological polar surface area (TPSA) is 42.2 Å². The maximum absolute atomic E-state index is 5.68. The van der Waals surface area contributed by atoms with E-state index in [0.29, 0.717) is 4.99 Å². The predicted molar refractivity (Wildman–Crippen MR) is 68.3 cm³/mol. The highest BCUT2D eigenvalue weighted by Crippen LogP contribution is 2.18. The fraction of sp³-hybridized carbons (Fsp3) is 0.455. The van der Waals surface area contributed by atoms with Crippen molar-refractivity contribution in [3.8, 4) is 0 Å². The van der Waals surface area contributed by atoms with Gasteiger partial charge in [-0.1, -0.05) is 19.1 Å². The van der Waals surface area contributed by atoms with Crippen LogP contribution in [0, 0.1) is 0 Å². The Morgan fingerprint density at radius 2 is 2.27 bits per heavy atom. The highest BCUT2D eigenvalue weighted by molar-refractivity contribution is 7.80. The molecule has 0 saturated heterocycles. The van der Waals surface area contributed by atoms with Crippen LogP contribution in [0.2, 0.25) is 0 Å². The molecule has 0 fully saturated rings. The average Bonchev–Trinajstić information content (AvgIpc) is 2.26. The summed E-state index contributed by atoms with van der Waals surface area (Å²) in [5.74, 6) is 0. The average molecular weight is 223 g/mol. The van der Waals surface area contributed by atoms with Gasteiger partial charge in [-0.15, -0.1) is 0 Å². The molecule has 0 unspecified atom stereocenters. The molecule has 0 aliphatic rings. The van der Waals surface area contributed by atoms with Gasteiger partial charge in [0.1, 0.15) is 4.99 Å². The summed E-state index contributed by atoms with van der Waals surface area (Å²) in [4.78, 5) is 6.79. The number of aromatic nitrogens is 1. The van der Waals surface area contributed by atoms with E-state index in [1.165, 1.54) is 0 Å². The number of hydrogen-bond acceptors (Lipinski definition) is 3. The Morgan fingerprint density at radius 1 is 1.53 bits per heavy atom. The zero-order chi connectivity index (χ0) is 11.3. The molecule has 3 nitrogen and oxygen atoms in total. The van der Waals surface area contributed by atoms with Crippen molar-refractivity contribution in [2.45, 2.75) is 20.3 Å². The molecule has 0 amide bonds. The van der Waals surface area contributed by atoms with Gasteiger partial charge in [0.2, 0.25) is 0 Å². The molecule has 0 radical (unpaired) electrons. The molecule has 1 rings (SSSR count). The van der Waals surface area contributed by atoms with Crippen LogP contribution in [-0.4, -0.2) is 23.1 Å². The van der Waals surface area contributed by atoms with E-state index in [-0.39, 0.29) is 0 Å². The lowest BCUT2D eigenvalue weighted by Crippen LogP contribution is -2.26. The third-order valence-electron chi connectivity index (χ3n) is 2.28. The lowest BCUT2D eigenvalue weighted by atomic mass is 10.2. The minimum Gasteiger partial charge on any atom is -0.389 e. The molecule has 0 saturated carbocycles. The maximum atomic E-state index is 5.68. The molecule has 0 spiro atoms. The van der Waals surface area contributed by atoms with Gasteiger partial charge >= 0.3 is 0 Å². The molecular weight excluding hydrogens is 206 g/mol. The van der Waals surface area contributed by atoms with Crippen molar-refractivity contribution in [3.63, 3.8) is 0 Å². The first-order chi connectivity index (χ1) is 7.20. The first-order valence-electron chi connectivity index (χ1n) is 5.19. The van der Waals surface area contributed by atoms with Crippen LogP contribution < -0.4 is 10.6 Å². The van der Waals surface area contributed by atoms with E-state index in [4.69, 9.17) is 18.0 Å². The van der Waals surface area contributed by atoms with Crippen molar-refractivity contribution in [2.75, 3.05) is 18.0 Å². The Labute approximate surface area is 96.3 Å². The molecule has 1 aromatic rings. The lowest BCUT2D eigenvalue weighted by molar-refractivity contribution is 0.789. The van der Waals surface area contributed by atoms with Crippen LogP contribution in [0.25, 0.3) is 0 Å². The number of hydrogen-bond donors (Lipinski definition) is 1. The quantitative estimate of drug-likeness (QED) is 0.775. The first kappa shape index (κ1) is 11.9. The Morgan fingerprint density at radius 3 is 2.80 bits per heavy atom. The summed E-state index contributed by atoms with van der Waals surface area (Å²) in [5, 5.41) is 0. The smallest absolute Gasteiger partial charge is 0.106 e. The predicted octanol–water partition coefficient (Wildman–Crippen LogP) is 1.95. The number of thiocarbonyl (C=S) groups is 1. The van der Waals surface area contributed by atoms with Crippen LogP contribution in [-0.2, 0) is 0 Å². The van der Waals surface area contributed by atoms with Crippen molar-refractivity contribution in [3.05, 3.63) is 24.0 Å². The van der Waals surface area contributed by atoms with Crippen LogP contribution >= 0.6 is 12.2 Å². The molecule has 82 valence electrons. The molecule has 2 N–H and O–H groups in total. The van der Waals surface area contributed by atoms with Gasteiger partial charge in [0.05, 0.1) is 11.9 Å². The van der Waals surface area contributed by atoms with E-state index in [1.807, 2.05) is 12.3 Å². The normalized spacial score (nSPS) is 10.0. The SMILES string of the molecule is CCCN(CC)c1cnccc1C(N)=S. The second-order valence-electron chi connectivity index (χ2n) is 3.34. The molecule has 0 aliphatic heterocycles. The molecule has 15 heavy (non-hydrogen) atoms. The number of pyridine rings is 1. The van der Waals surface area contributed by atoms with E-state index < -0.39 is 0 Å². The van der Waals surface area contributed by atoms with Crippen molar-refractivity contribution in [1.29, 1.82) is 0 Å². The summed E-state index contributed by atoms with van der Waals surface area (Å²) in [6.45, 7) is 6.21. The molecule has 0 aromatic carbocycles. The Hall–Kier alpha value is -1.16. The summed E-state index contributed by atoms with van der Waals surface area (Å²) in [7, 11) is 0. The van der Waals surface area contributed by atoms with Crippen LogP contribution in [0.4, 0.5) is 5.69 Å². The van der Waals surface area contributed by atoms with Gasteiger partial charge in [-0.3, -0.25) is 4.98 Å². The van der Waals surface area contributed by atoms with E-state index in [2.05, 4.69) is 23.7 Å². The van der Waals surface area contributed by atoms with E-state index >= 15 is 0 Å². The molecule has 0 bridgehead atoms. The highest BCUT2D eigenvalue weighted by atomic mass is 32.1. The van der Waals surface area contributed by atoms with Crippen LogP contribution in [0.15, 0.2) is 18.5 Å². The summed E-state index contributed by atoms with van der Waals surface area (Å²) in [5.41, 5.74) is 7.63. The lowest BCUT2D eigenvalue weighted by Gasteiger charge is -2.24. The van der Waals surface area contributed by atoms with Gasteiger partial charge in [0, 0.05) is 24.8 Å². The van der Waals surface area contributed by atoms with Gasteiger partial charge in [-0.2, -0.15) is 0 Å². The number of anilines is 1. The van der Waals surface area contributed by atoms with Crippen molar-refractivity contribution in [2.24, 2.45) is 5.73 Å². The largest absolute Gasteiger partial charge is 0.389 e. The van der Waals surface area contributed by atoms with Crippen molar-refractivity contribution >= 4 is 22.9 Å². The summed E-state index contributed by atoms with van der Waals surface area (Å²) < 4.78 is 0.